The summed E-state index contributed by atoms with van der Waals surface area (Å²) in [4.78, 5) is 0. The first-order chi connectivity index (χ1) is 8.47. The first kappa shape index (κ1) is 15.0. The fraction of sp³-hybridized carbons (Fsp3) is 0.571. The lowest BCUT2D eigenvalue weighted by molar-refractivity contribution is 0.397. The van der Waals surface area contributed by atoms with E-state index in [2.05, 4.69) is 5.32 Å². The van der Waals surface area contributed by atoms with Crippen LogP contribution in [0.5, 0.6) is 0 Å². The SMILES string of the molecule is CCCCC(NC(C)C)c1ccc(F)c(F)c1F. The molecule has 0 amide bonds. The van der Waals surface area contributed by atoms with Gasteiger partial charge in [-0.05, 0) is 12.5 Å². The Balaban J connectivity index is 3.00. The molecule has 0 heterocycles. The number of rotatable bonds is 6. The fourth-order valence-electron chi connectivity index (χ4n) is 1.95. The Labute approximate surface area is 106 Å². The van der Waals surface area contributed by atoms with Crippen LogP contribution in [-0.2, 0) is 0 Å². The zero-order chi connectivity index (χ0) is 13.7. The zero-order valence-electron chi connectivity index (χ0n) is 11.1. The van der Waals surface area contributed by atoms with Crippen molar-refractivity contribution in [3.8, 4) is 0 Å². The van der Waals surface area contributed by atoms with Gasteiger partial charge in [-0.3, -0.25) is 0 Å². The minimum atomic E-state index is -1.39. The van der Waals surface area contributed by atoms with E-state index >= 15 is 0 Å². The van der Waals surface area contributed by atoms with Gasteiger partial charge in [0, 0.05) is 17.6 Å². The minimum absolute atomic E-state index is 0.152. The van der Waals surface area contributed by atoms with Gasteiger partial charge in [0.25, 0.3) is 0 Å². The van der Waals surface area contributed by atoms with Crippen molar-refractivity contribution in [2.75, 3.05) is 0 Å². The van der Waals surface area contributed by atoms with Gasteiger partial charge in [-0.2, -0.15) is 0 Å². The quantitative estimate of drug-likeness (QED) is 0.750. The maximum Gasteiger partial charge on any atom is 0.194 e. The van der Waals surface area contributed by atoms with E-state index in [1.807, 2.05) is 20.8 Å². The van der Waals surface area contributed by atoms with Gasteiger partial charge < -0.3 is 5.32 Å². The normalized spacial score (nSPS) is 13.1. The van der Waals surface area contributed by atoms with Crippen molar-refractivity contribution in [2.45, 2.75) is 52.1 Å². The van der Waals surface area contributed by atoms with Gasteiger partial charge in [-0.25, -0.2) is 13.2 Å². The van der Waals surface area contributed by atoms with Crippen molar-refractivity contribution in [3.63, 3.8) is 0 Å². The predicted molar refractivity (Wildman–Crippen MR) is 66.9 cm³/mol. The van der Waals surface area contributed by atoms with Gasteiger partial charge in [0.1, 0.15) is 0 Å². The molecular formula is C14H20F3N. The third-order valence-corrected chi connectivity index (χ3v) is 2.82. The van der Waals surface area contributed by atoms with E-state index in [0.717, 1.165) is 18.9 Å². The van der Waals surface area contributed by atoms with E-state index in [9.17, 15) is 13.2 Å². The average Bonchev–Trinajstić information content (AvgIpc) is 2.31. The van der Waals surface area contributed by atoms with Crippen molar-refractivity contribution in [1.29, 1.82) is 0 Å². The topological polar surface area (TPSA) is 12.0 Å². The molecule has 1 aromatic rings. The van der Waals surface area contributed by atoms with E-state index in [4.69, 9.17) is 0 Å². The van der Waals surface area contributed by atoms with Gasteiger partial charge in [-0.1, -0.05) is 39.7 Å². The van der Waals surface area contributed by atoms with Gasteiger partial charge >= 0.3 is 0 Å². The lowest BCUT2D eigenvalue weighted by Gasteiger charge is -2.22. The fourth-order valence-corrected chi connectivity index (χ4v) is 1.95. The van der Waals surface area contributed by atoms with Gasteiger partial charge in [0.2, 0.25) is 0 Å². The van der Waals surface area contributed by atoms with Crippen LogP contribution in [0.2, 0.25) is 0 Å². The lowest BCUT2D eigenvalue weighted by atomic mass is 9.99. The molecule has 0 aliphatic carbocycles. The molecule has 0 aromatic heterocycles. The number of benzene rings is 1. The summed E-state index contributed by atoms with van der Waals surface area (Å²) in [5, 5.41) is 3.19. The predicted octanol–water partition coefficient (Wildman–Crippen LogP) is 4.33. The summed E-state index contributed by atoms with van der Waals surface area (Å²) < 4.78 is 39.9. The zero-order valence-corrected chi connectivity index (χ0v) is 11.1. The molecule has 4 heteroatoms. The molecule has 0 aliphatic heterocycles. The maximum absolute atomic E-state index is 13.7. The number of hydrogen-bond donors (Lipinski definition) is 1. The van der Waals surface area contributed by atoms with Crippen LogP contribution in [0.1, 0.15) is 51.6 Å². The average molecular weight is 259 g/mol. The molecule has 0 saturated heterocycles. The maximum atomic E-state index is 13.7. The summed E-state index contributed by atoms with van der Waals surface area (Å²) in [7, 11) is 0. The van der Waals surface area contributed by atoms with Crippen LogP contribution in [0.25, 0.3) is 0 Å². The van der Waals surface area contributed by atoms with Crippen molar-refractivity contribution >= 4 is 0 Å². The van der Waals surface area contributed by atoms with E-state index in [0.29, 0.717) is 6.42 Å². The Morgan fingerprint density at radius 1 is 1.11 bits per heavy atom. The second kappa shape index (κ2) is 6.78. The smallest absolute Gasteiger partial charge is 0.194 e. The Morgan fingerprint density at radius 3 is 2.33 bits per heavy atom. The molecule has 0 aliphatic rings. The summed E-state index contributed by atoms with van der Waals surface area (Å²) in [6.45, 7) is 5.92. The van der Waals surface area contributed by atoms with E-state index in [1.165, 1.54) is 6.07 Å². The van der Waals surface area contributed by atoms with Crippen LogP contribution in [0.15, 0.2) is 12.1 Å². The van der Waals surface area contributed by atoms with Crippen molar-refractivity contribution < 1.29 is 13.2 Å². The molecule has 1 rings (SSSR count). The Hall–Kier alpha value is -1.03. The Kier molecular flexibility index (Phi) is 5.66. The highest BCUT2D eigenvalue weighted by atomic mass is 19.2. The lowest BCUT2D eigenvalue weighted by Crippen LogP contribution is -2.29. The third kappa shape index (κ3) is 3.73. The summed E-state index contributed by atoms with van der Waals surface area (Å²) in [6.07, 6.45) is 2.58. The van der Waals surface area contributed by atoms with Crippen molar-refractivity contribution in [1.82, 2.24) is 5.32 Å². The summed E-state index contributed by atoms with van der Waals surface area (Å²) in [5.41, 5.74) is 0.205. The molecule has 0 saturated carbocycles. The highest BCUT2D eigenvalue weighted by Gasteiger charge is 2.20. The van der Waals surface area contributed by atoms with Crippen LogP contribution in [0, 0.1) is 17.5 Å². The molecule has 102 valence electrons. The first-order valence-electron chi connectivity index (χ1n) is 6.36. The third-order valence-electron chi connectivity index (χ3n) is 2.82. The van der Waals surface area contributed by atoms with Crippen LogP contribution in [0.4, 0.5) is 13.2 Å². The number of nitrogens with one attached hydrogen (secondary N) is 1. The second-order valence-corrected chi connectivity index (χ2v) is 4.78. The van der Waals surface area contributed by atoms with E-state index in [-0.39, 0.29) is 17.6 Å². The van der Waals surface area contributed by atoms with Gasteiger partial charge in [0.15, 0.2) is 17.5 Å². The molecular weight excluding hydrogens is 239 g/mol. The van der Waals surface area contributed by atoms with Crippen molar-refractivity contribution in [3.05, 3.63) is 35.1 Å². The van der Waals surface area contributed by atoms with Crippen LogP contribution in [0.3, 0.4) is 0 Å². The van der Waals surface area contributed by atoms with E-state index in [1.54, 1.807) is 0 Å². The molecule has 0 bridgehead atoms. The Morgan fingerprint density at radius 2 is 1.78 bits per heavy atom. The monoisotopic (exact) mass is 259 g/mol. The highest BCUT2D eigenvalue weighted by molar-refractivity contribution is 5.23. The molecule has 0 spiro atoms. The molecule has 1 N–H and O–H groups in total. The molecule has 1 atom stereocenters. The molecule has 0 radical (unpaired) electrons. The van der Waals surface area contributed by atoms with Crippen LogP contribution < -0.4 is 5.32 Å². The largest absolute Gasteiger partial charge is 0.308 e. The minimum Gasteiger partial charge on any atom is -0.308 e. The molecule has 1 unspecified atom stereocenters. The molecule has 18 heavy (non-hydrogen) atoms. The molecule has 1 nitrogen and oxygen atoms in total. The molecule has 0 fully saturated rings. The van der Waals surface area contributed by atoms with Crippen LogP contribution in [-0.4, -0.2) is 6.04 Å². The summed E-state index contributed by atoms with van der Waals surface area (Å²) in [5.74, 6) is -3.61. The van der Waals surface area contributed by atoms with E-state index < -0.39 is 17.5 Å². The molecule has 1 aromatic carbocycles. The van der Waals surface area contributed by atoms with Crippen molar-refractivity contribution in [2.24, 2.45) is 0 Å². The van der Waals surface area contributed by atoms with Crippen LogP contribution >= 0.6 is 0 Å². The summed E-state index contributed by atoms with van der Waals surface area (Å²) >= 11 is 0. The Bertz CT molecular complexity index is 391. The highest BCUT2D eigenvalue weighted by Crippen LogP contribution is 2.25. The number of unbranched alkanes of at least 4 members (excludes halogenated alkanes) is 1. The first-order valence-corrected chi connectivity index (χ1v) is 6.36. The standard InChI is InChI=1S/C14H20F3N/c1-4-5-6-12(18-9(2)3)10-7-8-11(15)14(17)13(10)16/h7-9,12,18H,4-6H2,1-3H3. The number of halogens is 3. The van der Waals surface area contributed by atoms with Gasteiger partial charge in [-0.15, -0.1) is 0 Å². The second-order valence-electron chi connectivity index (χ2n) is 4.78. The summed E-state index contributed by atoms with van der Waals surface area (Å²) in [6, 6.07) is 2.18. The van der Waals surface area contributed by atoms with Gasteiger partial charge in [0.05, 0.1) is 0 Å². The number of hydrogen-bond acceptors (Lipinski definition) is 1.